The Balaban J connectivity index is 2.37. The summed E-state index contributed by atoms with van der Waals surface area (Å²) in [5.41, 5.74) is 6.49. The summed E-state index contributed by atoms with van der Waals surface area (Å²) in [5, 5.41) is 2.74. The van der Waals surface area contributed by atoms with Gasteiger partial charge in [-0.3, -0.25) is 4.79 Å². The standard InChI is InChI=1S/C11H16N2OS/c1-9-4-2-3-5-10(9)15-8-11(14)13-7-6-12/h2-5H,6-8,12H2,1H3,(H,13,14). The number of thioether (sulfide) groups is 1. The second-order valence-electron chi connectivity index (χ2n) is 3.19. The minimum Gasteiger partial charge on any atom is -0.354 e. The molecule has 1 rings (SSSR count). The van der Waals surface area contributed by atoms with E-state index in [1.165, 1.54) is 5.56 Å². The average Bonchev–Trinajstić information content (AvgIpc) is 2.25. The topological polar surface area (TPSA) is 55.1 Å². The van der Waals surface area contributed by atoms with E-state index in [0.29, 0.717) is 18.8 Å². The zero-order chi connectivity index (χ0) is 11.1. The van der Waals surface area contributed by atoms with Crippen LogP contribution >= 0.6 is 11.8 Å². The maximum Gasteiger partial charge on any atom is 0.230 e. The van der Waals surface area contributed by atoms with Crippen LogP contribution in [0.4, 0.5) is 0 Å². The quantitative estimate of drug-likeness (QED) is 0.738. The monoisotopic (exact) mass is 224 g/mol. The van der Waals surface area contributed by atoms with Gasteiger partial charge in [0, 0.05) is 18.0 Å². The normalized spacial score (nSPS) is 10.0. The number of carbonyl (C=O) groups is 1. The summed E-state index contributed by atoms with van der Waals surface area (Å²) in [6.07, 6.45) is 0. The molecule has 1 amide bonds. The van der Waals surface area contributed by atoms with E-state index in [2.05, 4.69) is 5.32 Å². The van der Waals surface area contributed by atoms with Crippen molar-refractivity contribution in [1.29, 1.82) is 0 Å². The number of hydrogen-bond acceptors (Lipinski definition) is 3. The van der Waals surface area contributed by atoms with E-state index in [9.17, 15) is 4.79 Å². The Kier molecular flexibility index (Phi) is 5.21. The lowest BCUT2D eigenvalue weighted by molar-refractivity contribution is -0.118. The summed E-state index contributed by atoms with van der Waals surface area (Å²) in [4.78, 5) is 12.5. The van der Waals surface area contributed by atoms with Crippen molar-refractivity contribution in [2.24, 2.45) is 5.73 Å². The minimum atomic E-state index is 0.0358. The Morgan fingerprint density at radius 3 is 2.87 bits per heavy atom. The summed E-state index contributed by atoms with van der Waals surface area (Å²) in [7, 11) is 0. The van der Waals surface area contributed by atoms with Gasteiger partial charge in [-0.15, -0.1) is 11.8 Å². The third-order valence-electron chi connectivity index (χ3n) is 1.92. The number of benzene rings is 1. The predicted octanol–water partition coefficient (Wildman–Crippen LogP) is 1.16. The zero-order valence-electron chi connectivity index (χ0n) is 8.82. The molecule has 0 aliphatic heterocycles. The fourth-order valence-corrected chi connectivity index (χ4v) is 1.98. The van der Waals surface area contributed by atoms with Crippen molar-refractivity contribution < 1.29 is 4.79 Å². The second kappa shape index (κ2) is 6.48. The molecular weight excluding hydrogens is 208 g/mol. The van der Waals surface area contributed by atoms with E-state index in [-0.39, 0.29) is 5.91 Å². The van der Waals surface area contributed by atoms with Crippen LogP contribution in [0.15, 0.2) is 29.2 Å². The van der Waals surface area contributed by atoms with Crippen LogP contribution in [0, 0.1) is 6.92 Å². The van der Waals surface area contributed by atoms with Gasteiger partial charge in [-0.2, -0.15) is 0 Å². The lowest BCUT2D eigenvalue weighted by Crippen LogP contribution is -2.30. The van der Waals surface area contributed by atoms with Crippen LogP contribution in [0.5, 0.6) is 0 Å². The van der Waals surface area contributed by atoms with Gasteiger partial charge in [0.1, 0.15) is 0 Å². The van der Waals surface area contributed by atoms with Gasteiger partial charge in [0.15, 0.2) is 0 Å². The van der Waals surface area contributed by atoms with Crippen molar-refractivity contribution in [3.63, 3.8) is 0 Å². The maximum absolute atomic E-state index is 11.3. The van der Waals surface area contributed by atoms with E-state index in [1.54, 1.807) is 11.8 Å². The van der Waals surface area contributed by atoms with E-state index >= 15 is 0 Å². The zero-order valence-corrected chi connectivity index (χ0v) is 9.64. The van der Waals surface area contributed by atoms with E-state index < -0.39 is 0 Å². The third-order valence-corrected chi connectivity index (χ3v) is 3.09. The highest BCUT2D eigenvalue weighted by atomic mass is 32.2. The molecule has 15 heavy (non-hydrogen) atoms. The molecule has 0 saturated heterocycles. The lowest BCUT2D eigenvalue weighted by Gasteiger charge is -2.05. The number of nitrogens with one attached hydrogen (secondary N) is 1. The van der Waals surface area contributed by atoms with Crippen LogP contribution in [0.25, 0.3) is 0 Å². The van der Waals surface area contributed by atoms with Gasteiger partial charge in [-0.25, -0.2) is 0 Å². The Morgan fingerprint density at radius 2 is 2.20 bits per heavy atom. The second-order valence-corrected chi connectivity index (χ2v) is 4.21. The van der Waals surface area contributed by atoms with Gasteiger partial charge in [0.25, 0.3) is 0 Å². The lowest BCUT2D eigenvalue weighted by atomic mass is 10.2. The van der Waals surface area contributed by atoms with Gasteiger partial charge < -0.3 is 11.1 Å². The van der Waals surface area contributed by atoms with Gasteiger partial charge in [0.2, 0.25) is 5.91 Å². The van der Waals surface area contributed by atoms with Crippen molar-refractivity contribution in [2.45, 2.75) is 11.8 Å². The summed E-state index contributed by atoms with van der Waals surface area (Å²) < 4.78 is 0. The molecule has 0 atom stereocenters. The molecular formula is C11H16N2OS. The molecule has 0 bridgehead atoms. The number of aryl methyl sites for hydroxylation is 1. The van der Waals surface area contributed by atoms with Crippen LogP contribution in [0.3, 0.4) is 0 Å². The summed E-state index contributed by atoms with van der Waals surface area (Å²) in [6, 6.07) is 8.04. The van der Waals surface area contributed by atoms with Crippen LogP contribution in [-0.4, -0.2) is 24.7 Å². The average molecular weight is 224 g/mol. The fraction of sp³-hybridized carbons (Fsp3) is 0.364. The summed E-state index contributed by atoms with van der Waals surface area (Å²) in [6.45, 7) is 3.08. The Hall–Kier alpha value is -1.00. The van der Waals surface area contributed by atoms with Gasteiger partial charge in [-0.1, -0.05) is 18.2 Å². The molecule has 0 heterocycles. The Morgan fingerprint density at radius 1 is 1.47 bits per heavy atom. The molecule has 0 saturated carbocycles. The predicted molar refractivity (Wildman–Crippen MR) is 64.0 cm³/mol. The molecule has 0 aromatic heterocycles. The molecule has 3 nitrogen and oxygen atoms in total. The van der Waals surface area contributed by atoms with E-state index in [4.69, 9.17) is 5.73 Å². The maximum atomic E-state index is 11.3. The first-order chi connectivity index (χ1) is 7.24. The molecule has 4 heteroatoms. The van der Waals surface area contributed by atoms with Gasteiger partial charge >= 0.3 is 0 Å². The van der Waals surface area contributed by atoms with Crippen LogP contribution in [0.1, 0.15) is 5.56 Å². The molecule has 82 valence electrons. The number of nitrogens with two attached hydrogens (primary N) is 1. The number of hydrogen-bond donors (Lipinski definition) is 2. The largest absolute Gasteiger partial charge is 0.354 e. The molecule has 0 unspecified atom stereocenters. The molecule has 0 fully saturated rings. The first kappa shape index (κ1) is 12.1. The van der Waals surface area contributed by atoms with Gasteiger partial charge in [-0.05, 0) is 18.6 Å². The molecule has 0 radical (unpaired) electrons. The van der Waals surface area contributed by atoms with Crippen LogP contribution < -0.4 is 11.1 Å². The van der Waals surface area contributed by atoms with Crippen molar-refractivity contribution in [1.82, 2.24) is 5.32 Å². The highest BCUT2D eigenvalue weighted by molar-refractivity contribution is 8.00. The van der Waals surface area contributed by atoms with Crippen molar-refractivity contribution in [2.75, 3.05) is 18.8 Å². The minimum absolute atomic E-state index is 0.0358. The summed E-state index contributed by atoms with van der Waals surface area (Å²) in [5.74, 6) is 0.485. The SMILES string of the molecule is Cc1ccccc1SCC(=O)NCCN. The summed E-state index contributed by atoms with van der Waals surface area (Å²) >= 11 is 1.55. The first-order valence-electron chi connectivity index (χ1n) is 4.89. The van der Waals surface area contributed by atoms with Gasteiger partial charge in [0.05, 0.1) is 5.75 Å². The van der Waals surface area contributed by atoms with Crippen LogP contribution in [0.2, 0.25) is 0 Å². The molecule has 0 aliphatic carbocycles. The van der Waals surface area contributed by atoms with Crippen molar-refractivity contribution in [3.8, 4) is 0 Å². The first-order valence-corrected chi connectivity index (χ1v) is 5.88. The fourth-order valence-electron chi connectivity index (χ4n) is 1.12. The van der Waals surface area contributed by atoms with E-state index in [1.807, 2.05) is 31.2 Å². The smallest absolute Gasteiger partial charge is 0.230 e. The highest BCUT2D eigenvalue weighted by Gasteiger charge is 2.02. The van der Waals surface area contributed by atoms with Crippen molar-refractivity contribution >= 4 is 17.7 Å². The third kappa shape index (κ3) is 4.36. The highest BCUT2D eigenvalue weighted by Crippen LogP contribution is 2.21. The number of amides is 1. The molecule has 0 aliphatic rings. The van der Waals surface area contributed by atoms with Crippen LogP contribution in [-0.2, 0) is 4.79 Å². The molecule has 3 N–H and O–H groups in total. The molecule has 0 spiro atoms. The molecule has 1 aromatic carbocycles. The Labute approximate surface area is 94.4 Å². The Bertz CT molecular complexity index is 328. The van der Waals surface area contributed by atoms with Crippen molar-refractivity contribution in [3.05, 3.63) is 29.8 Å². The number of rotatable bonds is 5. The molecule has 1 aromatic rings. The number of carbonyl (C=O) groups excluding carboxylic acids is 1. The van der Waals surface area contributed by atoms with E-state index in [0.717, 1.165) is 4.90 Å².